The third kappa shape index (κ3) is 10.5. The minimum Gasteiger partial charge on any atom is -0.504 e. The van der Waals surface area contributed by atoms with Crippen LogP contribution in [0.5, 0.6) is 80.5 Å². The number of nitrogens with zero attached hydrogens (tertiary/aromatic N) is 5. The fourth-order valence-corrected chi connectivity index (χ4v) is 23.7. The molecule has 109 heavy (non-hydrogen) atoms. The van der Waals surface area contributed by atoms with Crippen LogP contribution in [0.25, 0.3) is 0 Å². The van der Waals surface area contributed by atoms with Crippen molar-refractivity contribution in [3.05, 3.63) is 151 Å². The molecule has 6 aromatic carbocycles. The van der Waals surface area contributed by atoms with Crippen LogP contribution in [-0.2, 0) is 55.8 Å². The van der Waals surface area contributed by atoms with E-state index in [1.54, 1.807) is 74.2 Å². The minimum atomic E-state index is -1.31. The number of fused-ring (bicyclic) bond motifs is 18. The van der Waals surface area contributed by atoms with E-state index in [0.29, 0.717) is 95.9 Å². The maximum atomic E-state index is 14.8. The van der Waals surface area contributed by atoms with Gasteiger partial charge in [-0.1, -0.05) is 37.4 Å². The van der Waals surface area contributed by atoms with E-state index in [1.807, 2.05) is 41.8 Å². The van der Waals surface area contributed by atoms with E-state index in [9.17, 15) is 40.4 Å². The highest BCUT2D eigenvalue weighted by molar-refractivity contribution is 7.99. The molecule has 0 saturated carbocycles. The highest BCUT2D eigenvalue weighted by Gasteiger charge is 2.65. The van der Waals surface area contributed by atoms with Crippen LogP contribution in [0, 0.1) is 39.0 Å². The number of likely N-dealkylation sites (N-methyl/N-ethyl adjacent to an activating group) is 2. The Kier molecular flexibility index (Phi) is 18.3. The number of aliphatic hydroxyl groups is 1. The molecule has 14 aliphatic rings. The highest BCUT2D eigenvalue weighted by atomic mass is 32.2. The van der Waals surface area contributed by atoms with Gasteiger partial charge in [-0.3, -0.25) is 30.2 Å². The molecule has 20 rings (SSSR count). The first-order valence-electron chi connectivity index (χ1n) is 36.8. The van der Waals surface area contributed by atoms with Gasteiger partial charge in [0, 0.05) is 87.2 Å². The quantitative estimate of drug-likeness (QED) is 0.0498. The van der Waals surface area contributed by atoms with Gasteiger partial charge >= 0.3 is 11.9 Å². The van der Waals surface area contributed by atoms with E-state index in [4.69, 9.17) is 56.8 Å². The SMILES string of the molecule is C=CCOc1c(C)c2c(c3c1[C@H]1SC[C@]4(NCCc5cc(O)c(OC)cc54)C(=O)OC[C@@H]3N3C1[C@H]1c4c(cc(C)c(OC)c4O)C[C@@H]([C@@H]3C#N)N1C)OCO2.C=CCOc1c(C)c2c(c3c1[C@H]1SC[C@]4(NCCc5cc(O)c(OC)cc54)C(=O)OC[C@@H]3N3C1[C@H]1c4c(cc(C)c(OC)c4O)C[C@@H]([C@@H]3O)N1C)OCO2. The number of methoxy groups -OCH3 is 4. The number of aryl methyl sites for hydroxylation is 2. The average molecular weight is 1530 g/mol. The number of piperazine rings is 2. The van der Waals surface area contributed by atoms with Crippen molar-refractivity contribution < 1.29 is 92.0 Å². The van der Waals surface area contributed by atoms with Gasteiger partial charge in [0.05, 0.1) is 75.2 Å². The van der Waals surface area contributed by atoms with Crippen molar-refractivity contribution >= 4 is 35.5 Å². The van der Waals surface area contributed by atoms with Crippen LogP contribution in [0.15, 0.2) is 61.7 Å². The number of benzene rings is 6. The topological polar surface area (TPSA) is 307 Å². The summed E-state index contributed by atoms with van der Waals surface area (Å²) in [6.07, 6.45) is 4.61. The van der Waals surface area contributed by atoms with Crippen molar-refractivity contribution in [3.8, 4) is 86.6 Å². The Morgan fingerprint density at radius 3 is 1.44 bits per heavy atom. The molecule has 7 N–H and O–H groups in total. The van der Waals surface area contributed by atoms with E-state index in [1.165, 1.54) is 14.2 Å². The summed E-state index contributed by atoms with van der Waals surface area (Å²) in [6, 6.07) is 9.32. The predicted octanol–water partition coefficient (Wildman–Crippen LogP) is 8.68. The number of phenols is 4. The summed E-state index contributed by atoms with van der Waals surface area (Å²) in [7, 11) is 10.1. The van der Waals surface area contributed by atoms with Crippen LogP contribution in [0.4, 0.5) is 0 Å². The van der Waals surface area contributed by atoms with E-state index in [2.05, 4.69) is 61.6 Å². The van der Waals surface area contributed by atoms with Crippen molar-refractivity contribution in [2.45, 2.75) is 136 Å². The monoisotopic (exact) mass is 1530 g/mol. The molecule has 14 atom stereocenters. The van der Waals surface area contributed by atoms with Crippen molar-refractivity contribution in [1.82, 2.24) is 30.2 Å². The van der Waals surface area contributed by atoms with Crippen LogP contribution in [0.3, 0.4) is 0 Å². The molecule has 0 radical (unpaired) electrons. The lowest BCUT2D eigenvalue weighted by molar-refractivity contribution is -0.186. The zero-order chi connectivity index (χ0) is 76.3. The smallest absolute Gasteiger partial charge is 0.331 e. The number of ether oxygens (including phenoxy) is 12. The lowest BCUT2D eigenvalue weighted by Crippen LogP contribution is -2.70. The normalized spacial score (nSPS) is 29.2. The van der Waals surface area contributed by atoms with E-state index >= 15 is 0 Å². The Hall–Kier alpha value is -9.15. The summed E-state index contributed by atoms with van der Waals surface area (Å²) >= 11 is 3.13. The zero-order valence-corrected chi connectivity index (χ0v) is 64.0. The third-order valence-electron chi connectivity index (χ3n) is 24.9. The summed E-state index contributed by atoms with van der Waals surface area (Å²) in [5.41, 5.74) is 10.3. The maximum Gasteiger partial charge on any atom is 0.331 e. The second-order valence-electron chi connectivity index (χ2n) is 30.0. The number of thioether (sulfide) groups is 2. The molecule has 0 aliphatic carbocycles. The van der Waals surface area contributed by atoms with Gasteiger partial charge < -0.3 is 82.4 Å². The number of hydrogen-bond acceptors (Lipinski definition) is 28. The molecular weight excluding hydrogens is 1440 g/mol. The van der Waals surface area contributed by atoms with Gasteiger partial charge in [-0.25, -0.2) is 9.59 Å². The average Bonchev–Trinajstić information content (AvgIpc) is 1.41. The zero-order valence-electron chi connectivity index (χ0n) is 62.4. The number of hydrogen-bond donors (Lipinski definition) is 7. The second kappa shape index (κ2) is 27.4. The molecule has 574 valence electrons. The van der Waals surface area contributed by atoms with Gasteiger partial charge in [0.15, 0.2) is 80.1 Å². The van der Waals surface area contributed by atoms with Gasteiger partial charge in [-0.2, -0.15) is 5.26 Å². The van der Waals surface area contributed by atoms with Gasteiger partial charge in [-0.05, 0) is 136 Å². The molecule has 6 aromatic rings. The molecule has 0 aromatic heterocycles. The molecule has 14 aliphatic heterocycles. The number of carbonyl (C=O) groups excluding carboxylic acids is 2. The summed E-state index contributed by atoms with van der Waals surface area (Å²) in [5.74, 6) is 4.50. The minimum absolute atomic E-state index is 0.00199. The molecule has 0 amide bonds. The molecule has 26 nitrogen and oxygen atoms in total. The van der Waals surface area contributed by atoms with Crippen LogP contribution in [0.2, 0.25) is 0 Å². The first kappa shape index (κ1) is 72.7. The molecular formula is C81H89N7O19S2. The number of phenolic OH excluding ortho intramolecular Hbond substituents is 4. The Morgan fingerprint density at radius 1 is 0.569 bits per heavy atom. The molecule has 14 heterocycles. The number of nitriles is 1. The molecule has 4 fully saturated rings. The molecule has 28 heteroatoms. The fourth-order valence-electron chi connectivity index (χ4n) is 20.3. The van der Waals surface area contributed by atoms with Crippen LogP contribution < -0.4 is 58.0 Å². The second-order valence-corrected chi connectivity index (χ2v) is 32.3. The lowest BCUT2D eigenvalue weighted by Gasteiger charge is -2.62. The number of rotatable bonds is 10. The van der Waals surface area contributed by atoms with E-state index in [0.717, 1.165) is 77.9 Å². The largest absolute Gasteiger partial charge is 0.504 e. The highest BCUT2D eigenvalue weighted by Crippen LogP contribution is 2.68. The molecule has 2 spiro atoms. The molecule has 2 unspecified atom stereocenters. The Bertz CT molecular complexity index is 4880. The van der Waals surface area contributed by atoms with Crippen molar-refractivity contribution in [2.24, 2.45) is 0 Å². The Labute approximate surface area is 639 Å². The third-order valence-corrected chi connectivity index (χ3v) is 27.8. The fraction of sp³-hybridized carbons (Fsp3) is 0.469. The van der Waals surface area contributed by atoms with E-state index in [-0.39, 0.29) is 98.1 Å². The summed E-state index contributed by atoms with van der Waals surface area (Å²) < 4.78 is 73.4. The summed E-state index contributed by atoms with van der Waals surface area (Å²) in [4.78, 5) is 38.2. The Morgan fingerprint density at radius 2 is 1.00 bits per heavy atom. The van der Waals surface area contributed by atoms with Crippen molar-refractivity contribution in [2.75, 3.05) is 107 Å². The number of aliphatic hydroxyl groups excluding tert-OH is 1. The molecule has 4 saturated heterocycles. The summed E-state index contributed by atoms with van der Waals surface area (Å²) in [6.45, 7) is 16.8. The van der Waals surface area contributed by atoms with Crippen LogP contribution >= 0.6 is 23.5 Å². The van der Waals surface area contributed by atoms with Gasteiger partial charge in [0.25, 0.3) is 0 Å². The molecule has 8 bridgehead atoms. The van der Waals surface area contributed by atoms with Crippen molar-refractivity contribution in [3.63, 3.8) is 0 Å². The van der Waals surface area contributed by atoms with E-state index < -0.39 is 82.0 Å². The van der Waals surface area contributed by atoms with Gasteiger partial charge in [0.2, 0.25) is 13.6 Å². The maximum absolute atomic E-state index is 14.8. The first-order valence-corrected chi connectivity index (χ1v) is 38.9. The number of nitrogens with one attached hydrogen (secondary N) is 2. The predicted molar refractivity (Wildman–Crippen MR) is 401 cm³/mol. The Balaban J connectivity index is 0.000000159. The van der Waals surface area contributed by atoms with Gasteiger partial charge in [-0.15, -0.1) is 23.5 Å². The van der Waals surface area contributed by atoms with Crippen molar-refractivity contribution in [1.29, 1.82) is 5.26 Å². The van der Waals surface area contributed by atoms with Crippen LogP contribution in [0.1, 0.15) is 124 Å². The first-order chi connectivity index (χ1) is 52.6. The van der Waals surface area contributed by atoms with Gasteiger partial charge in [0.1, 0.15) is 50.2 Å². The number of esters is 2. The lowest BCUT2D eigenvalue weighted by atomic mass is 9.71. The number of carbonyl (C=O) groups is 2. The van der Waals surface area contributed by atoms with Crippen LogP contribution in [-0.4, -0.2) is 201 Å². The summed E-state index contributed by atoms with van der Waals surface area (Å²) in [5, 5.41) is 75.6. The standard InChI is InChI=1S/C41H44N4O9S.C40H45N3O10S/c1-7-10-51-36-20(3)37-38(54-18-53-37)30-26-16-52-40(48)41(23-14-28(49-5)27(46)13-21(23)8-9-43-41)17-55-39(31(30)36)33-32-29-22(11-19(2)35(50-6)34(29)47)12-24(44(32)4)25(15-42)45(26)33;1-7-10-50-34-19(3)35-36(53-17-52-35)28-24-15-51-39(47)40(22-14-26(48-5)25(44)13-20(22)8-9-41-40)16-54-37(29(28)34)31-30-27-21(11-18(2)33(49-6)32(27)45)12-23(42(30)4)38(46)43(24)31/h7,11,13-14,24-26,32-33,39,43,46-47H,1,8-10,12,16-18H2,2-6H3;7,11,13-14,23-24,30-31,37-38,41,44-46H,1,8-10,12,15-17H2,2-6H3/t24-,25-,26-,32+,33?,39+,41+;23-,24-,30+,31?,37+,38-,40+/m00/s1. The number of aromatic hydroxyl groups is 4.